The zero-order chi connectivity index (χ0) is 16.9. The van der Waals surface area contributed by atoms with Crippen molar-refractivity contribution < 1.29 is 18.7 Å². The van der Waals surface area contributed by atoms with Gasteiger partial charge in [-0.3, -0.25) is 9.59 Å². The predicted molar refractivity (Wildman–Crippen MR) is 89.6 cm³/mol. The Hall–Kier alpha value is -2.05. The van der Waals surface area contributed by atoms with Gasteiger partial charge in [0.25, 0.3) is 0 Å². The predicted octanol–water partition coefficient (Wildman–Crippen LogP) is 3.45. The SMILES string of the molecule is O=C(CCC(=O)N1CCOC(c2ccc(F)cc2)C1)c1cccs1. The lowest BCUT2D eigenvalue weighted by molar-refractivity contribution is -0.139. The number of halogens is 1. The third-order valence-corrected chi connectivity index (χ3v) is 4.93. The molecule has 0 bridgehead atoms. The van der Waals surface area contributed by atoms with Crippen molar-refractivity contribution >= 4 is 23.0 Å². The Bertz CT molecular complexity index is 700. The van der Waals surface area contributed by atoms with Crippen LogP contribution in [0.15, 0.2) is 41.8 Å². The van der Waals surface area contributed by atoms with Crippen molar-refractivity contribution in [3.8, 4) is 0 Å². The van der Waals surface area contributed by atoms with E-state index in [0.717, 1.165) is 5.56 Å². The van der Waals surface area contributed by atoms with E-state index >= 15 is 0 Å². The van der Waals surface area contributed by atoms with Gasteiger partial charge >= 0.3 is 0 Å². The number of carbonyl (C=O) groups excluding carboxylic acids is 2. The highest BCUT2D eigenvalue weighted by Crippen LogP contribution is 2.23. The second kappa shape index (κ2) is 7.68. The molecule has 1 saturated heterocycles. The first-order valence-electron chi connectivity index (χ1n) is 7.85. The van der Waals surface area contributed by atoms with Gasteiger partial charge in [-0.2, -0.15) is 0 Å². The highest BCUT2D eigenvalue weighted by atomic mass is 32.1. The molecule has 1 atom stereocenters. The largest absolute Gasteiger partial charge is 0.370 e. The summed E-state index contributed by atoms with van der Waals surface area (Å²) in [5, 5.41) is 1.85. The van der Waals surface area contributed by atoms with Crippen LogP contribution in [0.4, 0.5) is 4.39 Å². The number of ketones is 1. The first-order valence-corrected chi connectivity index (χ1v) is 8.73. The van der Waals surface area contributed by atoms with E-state index in [-0.39, 0.29) is 36.5 Å². The molecule has 1 aliphatic heterocycles. The standard InChI is InChI=1S/C18H18FNO3S/c19-14-5-3-13(4-6-14)16-12-20(9-10-23-16)18(22)8-7-15(21)17-2-1-11-24-17/h1-6,11,16H,7-10,12H2. The Morgan fingerprint density at radius 1 is 1.21 bits per heavy atom. The van der Waals surface area contributed by atoms with E-state index in [1.54, 1.807) is 23.1 Å². The number of carbonyl (C=O) groups is 2. The van der Waals surface area contributed by atoms with Gasteiger partial charge in [0.15, 0.2) is 5.78 Å². The van der Waals surface area contributed by atoms with E-state index in [1.807, 2.05) is 11.4 Å². The Morgan fingerprint density at radius 3 is 2.71 bits per heavy atom. The zero-order valence-electron chi connectivity index (χ0n) is 13.1. The number of rotatable bonds is 5. The normalized spacial score (nSPS) is 17.7. The van der Waals surface area contributed by atoms with Gasteiger partial charge in [0.05, 0.1) is 18.0 Å². The maximum Gasteiger partial charge on any atom is 0.223 e. The van der Waals surface area contributed by atoms with Gasteiger partial charge < -0.3 is 9.64 Å². The molecule has 6 heteroatoms. The van der Waals surface area contributed by atoms with E-state index in [4.69, 9.17) is 4.74 Å². The van der Waals surface area contributed by atoms with Crippen LogP contribution in [0.1, 0.15) is 34.2 Å². The summed E-state index contributed by atoms with van der Waals surface area (Å²) in [5.74, 6) is -0.341. The minimum Gasteiger partial charge on any atom is -0.370 e. The third-order valence-electron chi connectivity index (χ3n) is 4.02. The first-order chi connectivity index (χ1) is 11.6. The van der Waals surface area contributed by atoms with Crippen LogP contribution < -0.4 is 0 Å². The van der Waals surface area contributed by atoms with Gasteiger partial charge in [-0.1, -0.05) is 18.2 Å². The molecule has 4 nitrogen and oxygen atoms in total. The van der Waals surface area contributed by atoms with Crippen LogP contribution in [0.25, 0.3) is 0 Å². The molecule has 126 valence electrons. The van der Waals surface area contributed by atoms with Crippen LogP contribution in [-0.2, 0) is 9.53 Å². The second-order valence-electron chi connectivity index (χ2n) is 5.65. The fourth-order valence-corrected chi connectivity index (χ4v) is 3.39. The summed E-state index contributed by atoms with van der Waals surface area (Å²) < 4.78 is 18.7. The molecule has 1 aromatic carbocycles. The minimum absolute atomic E-state index is 0.00157. The second-order valence-corrected chi connectivity index (χ2v) is 6.60. The fraction of sp³-hybridized carbons (Fsp3) is 0.333. The summed E-state index contributed by atoms with van der Waals surface area (Å²) in [6.45, 7) is 1.38. The third kappa shape index (κ3) is 4.07. The summed E-state index contributed by atoms with van der Waals surface area (Å²) in [6, 6.07) is 9.73. The van der Waals surface area contributed by atoms with Gasteiger partial charge in [-0.25, -0.2) is 4.39 Å². The molecule has 0 radical (unpaired) electrons. The molecule has 1 aliphatic rings. The highest BCUT2D eigenvalue weighted by Gasteiger charge is 2.25. The van der Waals surface area contributed by atoms with E-state index in [1.165, 1.54) is 23.5 Å². The van der Waals surface area contributed by atoms with Gasteiger partial charge in [-0.15, -0.1) is 11.3 Å². The van der Waals surface area contributed by atoms with E-state index < -0.39 is 0 Å². The molecule has 1 unspecified atom stereocenters. The molecule has 2 aromatic rings. The molecule has 0 spiro atoms. The molecule has 3 rings (SSSR count). The van der Waals surface area contributed by atoms with Crippen molar-refractivity contribution in [2.24, 2.45) is 0 Å². The maximum atomic E-state index is 13.0. The summed E-state index contributed by atoms with van der Waals surface area (Å²) in [6.07, 6.45) is 0.168. The number of Topliss-reactive ketones (excluding diaryl/α,β-unsaturated/α-hetero) is 1. The quantitative estimate of drug-likeness (QED) is 0.778. The molecule has 1 aromatic heterocycles. The average molecular weight is 347 g/mol. The lowest BCUT2D eigenvalue weighted by Gasteiger charge is -2.33. The lowest BCUT2D eigenvalue weighted by Crippen LogP contribution is -2.42. The van der Waals surface area contributed by atoms with E-state index in [0.29, 0.717) is 24.6 Å². The van der Waals surface area contributed by atoms with Crippen LogP contribution in [0.3, 0.4) is 0 Å². The molecule has 1 amide bonds. The van der Waals surface area contributed by atoms with Crippen molar-refractivity contribution in [1.29, 1.82) is 0 Å². The van der Waals surface area contributed by atoms with Gasteiger partial charge in [0, 0.05) is 19.4 Å². The topological polar surface area (TPSA) is 46.6 Å². The van der Waals surface area contributed by atoms with Gasteiger partial charge in [0.2, 0.25) is 5.91 Å². The Morgan fingerprint density at radius 2 is 2.00 bits per heavy atom. The lowest BCUT2D eigenvalue weighted by atomic mass is 10.1. The molecule has 0 aliphatic carbocycles. The number of benzene rings is 1. The molecular formula is C18H18FNO3S. The number of hydrogen-bond acceptors (Lipinski definition) is 4. The maximum absolute atomic E-state index is 13.0. The molecular weight excluding hydrogens is 329 g/mol. The molecule has 0 saturated carbocycles. The zero-order valence-corrected chi connectivity index (χ0v) is 13.9. The number of morpholine rings is 1. The van der Waals surface area contributed by atoms with Crippen molar-refractivity contribution in [3.05, 3.63) is 58.0 Å². The minimum atomic E-state index is -0.297. The fourth-order valence-electron chi connectivity index (χ4n) is 2.69. The number of amides is 1. The smallest absolute Gasteiger partial charge is 0.223 e. The van der Waals surface area contributed by atoms with Gasteiger partial charge in [-0.05, 0) is 29.1 Å². The Balaban J connectivity index is 1.55. The van der Waals surface area contributed by atoms with E-state index in [9.17, 15) is 14.0 Å². The van der Waals surface area contributed by atoms with Crippen molar-refractivity contribution in [1.82, 2.24) is 4.90 Å². The molecule has 0 N–H and O–H groups in total. The molecule has 2 heterocycles. The average Bonchev–Trinajstić information content (AvgIpc) is 3.15. The summed E-state index contributed by atoms with van der Waals surface area (Å²) in [7, 11) is 0. The first kappa shape index (κ1) is 16.8. The Labute approximate surface area is 143 Å². The van der Waals surface area contributed by atoms with Crippen molar-refractivity contribution in [2.45, 2.75) is 18.9 Å². The van der Waals surface area contributed by atoms with Gasteiger partial charge in [0.1, 0.15) is 11.9 Å². The monoisotopic (exact) mass is 347 g/mol. The number of nitrogens with zero attached hydrogens (tertiary/aromatic N) is 1. The Kier molecular flexibility index (Phi) is 5.37. The summed E-state index contributed by atoms with van der Waals surface area (Å²) in [5.41, 5.74) is 0.851. The summed E-state index contributed by atoms with van der Waals surface area (Å²) in [4.78, 5) is 26.8. The van der Waals surface area contributed by atoms with Crippen LogP contribution in [-0.4, -0.2) is 36.3 Å². The van der Waals surface area contributed by atoms with Crippen LogP contribution in [0.2, 0.25) is 0 Å². The number of hydrogen-bond donors (Lipinski definition) is 0. The number of ether oxygens (including phenoxy) is 1. The van der Waals surface area contributed by atoms with Crippen molar-refractivity contribution in [3.63, 3.8) is 0 Å². The molecule has 1 fully saturated rings. The van der Waals surface area contributed by atoms with E-state index in [2.05, 4.69) is 0 Å². The van der Waals surface area contributed by atoms with Crippen LogP contribution in [0.5, 0.6) is 0 Å². The summed E-state index contributed by atoms with van der Waals surface area (Å²) >= 11 is 1.39. The molecule has 24 heavy (non-hydrogen) atoms. The highest BCUT2D eigenvalue weighted by molar-refractivity contribution is 7.12. The van der Waals surface area contributed by atoms with Crippen LogP contribution >= 0.6 is 11.3 Å². The van der Waals surface area contributed by atoms with Crippen LogP contribution in [0, 0.1) is 5.82 Å². The number of thiophene rings is 1. The van der Waals surface area contributed by atoms with Crippen molar-refractivity contribution in [2.75, 3.05) is 19.7 Å².